The topological polar surface area (TPSA) is 47.0 Å². The number of carbonyl (C=O) groups excluding carboxylic acids is 2. The Morgan fingerprint density at radius 3 is 2.80 bits per heavy atom. The van der Waals surface area contributed by atoms with Gasteiger partial charge in [-0.25, -0.2) is 4.98 Å². The van der Waals surface area contributed by atoms with E-state index in [-0.39, 0.29) is 12.2 Å². The Labute approximate surface area is 86.8 Å². The first kappa shape index (κ1) is 9.52. The molecule has 2 rings (SSSR count). The zero-order valence-corrected chi connectivity index (χ0v) is 8.01. The van der Waals surface area contributed by atoms with Crippen LogP contribution in [0.3, 0.4) is 0 Å². The molecule has 0 amide bonds. The third-order valence-corrected chi connectivity index (χ3v) is 2.15. The summed E-state index contributed by atoms with van der Waals surface area (Å²) in [4.78, 5) is 25.8. The SMILES string of the molecule is O=CCC(=O)c1ccc2ccccc2n1. The lowest BCUT2D eigenvalue weighted by Crippen LogP contribution is -2.02. The van der Waals surface area contributed by atoms with Crippen molar-refractivity contribution >= 4 is 23.0 Å². The van der Waals surface area contributed by atoms with Gasteiger partial charge in [-0.2, -0.15) is 0 Å². The first-order valence-electron chi connectivity index (χ1n) is 4.64. The van der Waals surface area contributed by atoms with Crippen LogP contribution in [-0.2, 0) is 4.79 Å². The first-order chi connectivity index (χ1) is 7.31. The number of para-hydroxylation sites is 1. The molecule has 0 atom stereocenters. The Bertz CT molecular complexity index is 520. The molecule has 1 heterocycles. The second kappa shape index (κ2) is 4.00. The minimum Gasteiger partial charge on any atom is -0.303 e. The summed E-state index contributed by atoms with van der Waals surface area (Å²) in [7, 11) is 0. The zero-order chi connectivity index (χ0) is 10.7. The average Bonchev–Trinajstić information content (AvgIpc) is 2.29. The van der Waals surface area contributed by atoms with Gasteiger partial charge in [0.15, 0.2) is 5.78 Å². The van der Waals surface area contributed by atoms with Crippen LogP contribution in [0.2, 0.25) is 0 Å². The Morgan fingerprint density at radius 2 is 2.00 bits per heavy atom. The normalized spacial score (nSPS) is 10.1. The molecule has 0 unspecified atom stereocenters. The molecule has 15 heavy (non-hydrogen) atoms. The maximum atomic E-state index is 11.4. The number of pyridine rings is 1. The Morgan fingerprint density at radius 1 is 1.20 bits per heavy atom. The van der Waals surface area contributed by atoms with E-state index in [1.54, 1.807) is 6.07 Å². The van der Waals surface area contributed by atoms with Gasteiger partial charge in [0.1, 0.15) is 12.0 Å². The Hall–Kier alpha value is -2.03. The van der Waals surface area contributed by atoms with Gasteiger partial charge in [-0.05, 0) is 12.1 Å². The highest BCUT2D eigenvalue weighted by Crippen LogP contribution is 2.12. The van der Waals surface area contributed by atoms with E-state index in [0.29, 0.717) is 12.0 Å². The zero-order valence-electron chi connectivity index (χ0n) is 8.01. The molecule has 0 radical (unpaired) electrons. The third kappa shape index (κ3) is 1.91. The van der Waals surface area contributed by atoms with Crippen LogP contribution in [0.25, 0.3) is 10.9 Å². The van der Waals surface area contributed by atoms with Gasteiger partial charge in [0.2, 0.25) is 0 Å². The highest BCUT2D eigenvalue weighted by Gasteiger charge is 2.06. The third-order valence-electron chi connectivity index (χ3n) is 2.15. The van der Waals surface area contributed by atoms with Gasteiger partial charge < -0.3 is 4.79 Å². The summed E-state index contributed by atoms with van der Waals surface area (Å²) in [5, 5.41) is 0.986. The molecule has 0 saturated heterocycles. The number of aldehydes is 1. The second-order valence-electron chi connectivity index (χ2n) is 3.18. The lowest BCUT2D eigenvalue weighted by molar-refractivity contribution is -0.107. The van der Waals surface area contributed by atoms with Crippen LogP contribution < -0.4 is 0 Å². The van der Waals surface area contributed by atoms with Crippen molar-refractivity contribution in [3.05, 3.63) is 42.1 Å². The Kier molecular flexibility index (Phi) is 2.54. The molecule has 1 aromatic carbocycles. The second-order valence-corrected chi connectivity index (χ2v) is 3.18. The van der Waals surface area contributed by atoms with Gasteiger partial charge >= 0.3 is 0 Å². The number of ketones is 1. The lowest BCUT2D eigenvalue weighted by Gasteiger charge is -1.99. The molecular formula is C12H9NO2. The first-order valence-corrected chi connectivity index (χ1v) is 4.64. The fourth-order valence-corrected chi connectivity index (χ4v) is 1.40. The fourth-order valence-electron chi connectivity index (χ4n) is 1.40. The van der Waals surface area contributed by atoms with Crippen molar-refractivity contribution in [1.29, 1.82) is 0 Å². The molecule has 0 aliphatic rings. The largest absolute Gasteiger partial charge is 0.303 e. The molecular weight excluding hydrogens is 190 g/mol. The van der Waals surface area contributed by atoms with Crippen LogP contribution in [0.4, 0.5) is 0 Å². The van der Waals surface area contributed by atoms with E-state index in [1.165, 1.54) is 0 Å². The number of Topliss-reactive ketones (excluding diaryl/α,β-unsaturated/α-hetero) is 1. The molecule has 3 nitrogen and oxygen atoms in total. The summed E-state index contributed by atoms with van der Waals surface area (Å²) in [5.74, 6) is -0.240. The minimum atomic E-state index is -0.240. The summed E-state index contributed by atoms with van der Waals surface area (Å²) in [6.45, 7) is 0. The van der Waals surface area contributed by atoms with E-state index >= 15 is 0 Å². The molecule has 2 aromatic rings. The van der Waals surface area contributed by atoms with Gasteiger partial charge in [0.05, 0.1) is 11.9 Å². The van der Waals surface area contributed by atoms with Crippen LogP contribution in [-0.4, -0.2) is 17.1 Å². The van der Waals surface area contributed by atoms with Gasteiger partial charge in [-0.1, -0.05) is 24.3 Å². The van der Waals surface area contributed by atoms with E-state index in [4.69, 9.17) is 0 Å². The number of fused-ring (bicyclic) bond motifs is 1. The molecule has 0 aliphatic heterocycles. The van der Waals surface area contributed by atoms with Crippen molar-refractivity contribution in [3.63, 3.8) is 0 Å². The molecule has 1 aromatic heterocycles. The van der Waals surface area contributed by atoms with Crippen molar-refractivity contribution in [3.8, 4) is 0 Å². The Balaban J connectivity index is 2.46. The lowest BCUT2D eigenvalue weighted by atomic mass is 10.1. The highest BCUT2D eigenvalue weighted by atomic mass is 16.1. The van der Waals surface area contributed by atoms with E-state index in [9.17, 15) is 9.59 Å². The number of carbonyl (C=O) groups is 2. The average molecular weight is 199 g/mol. The van der Waals surface area contributed by atoms with Crippen molar-refractivity contribution in [2.24, 2.45) is 0 Å². The molecule has 0 N–H and O–H groups in total. The maximum Gasteiger partial charge on any atom is 0.188 e. The number of nitrogens with zero attached hydrogens (tertiary/aromatic N) is 1. The van der Waals surface area contributed by atoms with Gasteiger partial charge in [-0.15, -0.1) is 0 Å². The molecule has 0 aliphatic carbocycles. The number of hydrogen-bond donors (Lipinski definition) is 0. The van der Waals surface area contributed by atoms with E-state index in [0.717, 1.165) is 10.9 Å². The summed E-state index contributed by atoms with van der Waals surface area (Å²) < 4.78 is 0. The van der Waals surface area contributed by atoms with E-state index in [2.05, 4.69) is 4.98 Å². The summed E-state index contributed by atoms with van der Waals surface area (Å²) in [6, 6.07) is 11.0. The number of rotatable bonds is 3. The molecule has 3 heteroatoms. The molecule has 0 fully saturated rings. The molecule has 0 saturated carbocycles. The van der Waals surface area contributed by atoms with Crippen molar-refractivity contribution in [2.75, 3.05) is 0 Å². The van der Waals surface area contributed by atoms with Gasteiger partial charge in [0, 0.05) is 5.39 Å². The van der Waals surface area contributed by atoms with Crippen LogP contribution in [0.1, 0.15) is 16.9 Å². The molecule has 0 spiro atoms. The summed E-state index contributed by atoms with van der Waals surface area (Å²) >= 11 is 0. The summed E-state index contributed by atoms with van der Waals surface area (Å²) in [5.41, 5.74) is 1.12. The monoisotopic (exact) mass is 199 g/mol. The quantitative estimate of drug-likeness (QED) is 0.431. The van der Waals surface area contributed by atoms with E-state index in [1.807, 2.05) is 30.3 Å². The van der Waals surface area contributed by atoms with Crippen molar-refractivity contribution in [1.82, 2.24) is 4.98 Å². The van der Waals surface area contributed by atoms with Crippen molar-refractivity contribution < 1.29 is 9.59 Å². The maximum absolute atomic E-state index is 11.4. The predicted octanol–water partition coefficient (Wildman–Crippen LogP) is 2.01. The number of aromatic nitrogens is 1. The van der Waals surface area contributed by atoms with Gasteiger partial charge in [0.25, 0.3) is 0 Å². The van der Waals surface area contributed by atoms with E-state index < -0.39 is 0 Å². The number of benzene rings is 1. The number of hydrogen-bond acceptors (Lipinski definition) is 3. The van der Waals surface area contributed by atoms with Crippen molar-refractivity contribution in [2.45, 2.75) is 6.42 Å². The van der Waals surface area contributed by atoms with Gasteiger partial charge in [-0.3, -0.25) is 4.79 Å². The summed E-state index contributed by atoms with van der Waals surface area (Å²) in [6.07, 6.45) is 0.491. The fraction of sp³-hybridized carbons (Fsp3) is 0.0833. The highest BCUT2D eigenvalue weighted by molar-refractivity contribution is 6.02. The standard InChI is InChI=1S/C12H9NO2/c14-8-7-12(15)11-6-5-9-3-1-2-4-10(9)13-11/h1-6,8H,7H2. The van der Waals surface area contributed by atoms with Crippen LogP contribution >= 0.6 is 0 Å². The van der Waals surface area contributed by atoms with Crippen LogP contribution in [0.15, 0.2) is 36.4 Å². The minimum absolute atomic E-state index is 0.106. The molecule has 0 bridgehead atoms. The van der Waals surface area contributed by atoms with Crippen LogP contribution in [0.5, 0.6) is 0 Å². The predicted molar refractivity (Wildman–Crippen MR) is 56.8 cm³/mol. The molecule has 74 valence electrons. The smallest absolute Gasteiger partial charge is 0.188 e. The van der Waals surface area contributed by atoms with Crippen LogP contribution in [0, 0.1) is 0 Å².